The smallest absolute Gasteiger partial charge is 0.220 e. The van der Waals surface area contributed by atoms with Gasteiger partial charge >= 0.3 is 0 Å². The summed E-state index contributed by atoms with van der Waals surface area (Å²) in [7, 11) is 0. The highest BCUT2D eigenvalue weighted by molar-refractivity contribution is 5.96. The van der Waals surface area contributed by atoms with Crippen molar-refractivity contribution in [3.05, 3.63) is 59.4 Å². The van der Waals surface area contributed by atoms with Gasteiger partial charge in [0, 0.05) is 37.0 Å². The molecule has 0 radical (unpaired) electrons. The third kappa shape index (κ3) is 6.13. The van der Waals surface area contributed by atoms with Gasteiger partial charge in [-0.25, -0.2) is 4.39 Å². The Morgan fingerprint density at radius 1 is 0.946 bits per heavy atom. The summed E-state index contributed by atoms with van der Waals surface area (Å²) < 4.78 is 24.4. The van der Waals surface area contributed by atoms with Crippen molar-refractivity contribution in [1.82, 2.24) is 10.2 Å². The Kier molecular flexibility index (Phi) is 8.05. The summed E-state index contributed by atoms with van der Waals surface area (Å²) in [4.78, 5) is 27.7. The molecular weight excluding hydrogens is 475 g/mol. The van der Waals surface area contributed by atoms with Crippen molar-refractivity contribution in [2.45, 2.75) is 75.6 Å². The van der Waals surface area contributed by atoms with E-state index in [1.54, 1.807) is 6.07 Å². The number of ketones is 1. The zero-order valence-electron chi connectivity index (χ0n) is 21.0. The van der Waals surface area contributed by atoms with Crippen molar-refractivity contribution < 1.29 is 28.6 Å². The Hall–Kier alpha value is -2.97. The van der Waals surface area contributed by atoms with Gasteiger partial charge in [0.1, 0.15) is 25.1 Å². The van der Waals surface area contributed by atoms with Gasteiger partial charge in [0.2, 0.25) is 5.91 Å². The molecule has 0 spiro atoms. The third-order valence-electron chi connectivity index (χ3n) is 7.87. The molecule has 5 rings (SSSR count). The molecule has 1 amide bonds. The van der Waals surface area contributed by atoms with Crippen molar-refractivity contribution in [3.63, 3.8) is 0 Å². The van der Waals surface area contributed by atoms with Gasteiger partial charge < -0.3 is 19.9 Å². The molecule has 3 aliphatic heterocycles. The summed E-state index contributed by atoms with van der Waals surface area (Å²) in [6.45, 7) is 1.56. The van der Waals surface area contributed by atoms with Gasteiger partial charge in [-0.1, -0.05) is 6.07 Å². The van der Waals surface area contributed by atoms with Gasteiger partial charge in [0.05, 0.1) is 6.04 Å². The van der Waals surface area contributed by atoms with Crippen LogP contribution in [-0.4, -0.2) is 59.6 Å². The zero-order valence-corrected chi connectivity index (χ0v) is 21.0. The van der Waals surface area contributed by atoms with Crippen molar-refractivity contribution in [3.8, 4) is 11.5 Å². The van der Waals surface area contributed by atoms with Crippen molar-refractivity contribution in [2.24, 2.45) is 0 Å². The lowest BCUT2D eigenvalue weighted by Gasteiger charge is -2.32. The number of Topliss-reactive ketones (excluding diaryl/α,β-unsaturated/α-hetero) is 1. The molecule has 8 heteroatoms. The SMILES string of the molecule is O=C(CCCCC(=O)c1ccc(F)cc1)N[C@H](CN1C2CCC1CC2)[C@H](O)c1ccc2c(c1)OCCO2. The van der Waals surface area contributed by atoms with E-state index >= 15 is 0 Å². The predicted molar refractivity (Wildman–Crippen MR) is 136 cm³/mol. The highest BCUT2D eigenvalue weighted by atomic mass is 19.1. The molecule has 2 fully saturated rings. The van der Waals surface area contributed by atoms with E-state index in [0.29, 0.717) is 73.7 Å². The lowest BCUT2D eigenvalue weighted by atomic mass is 10.00. The number of ether oxygens (including phenoxy) is 2. The molecule has 3 aliphatic rings. The largest absolute Gasteiger partial charge is 0.486 e. The summed E-state index contributed by atoms with van der Waals surface area (Å²) in [6, 6.07) is 11.6. The quantitative estimate of drug-likeness (QED) is 0.348. The van der Waals surface area contributed by atoms with Gasteiger partial charge in [-0.2, -0.15) is 0 Å². The molecule has 2 aromatic rings. The van der Waals surface area contributed by atoms with E-state index in [4.69, 9.17) is 9.47 Å². The predicted octanol–water partition coefficient (Wildman–Crippen LogP) is 4.19. The van der Waals surface area contributed by atoms with E-state index in [9.17, 15) is 19.1 Å². The number of benzene rings is 2. The Bertz CT molecular complexity index is 1090. The van der Waals surface area contributed by atoms with E-state index in [1.165, 1.54) is 49.9 Å². The van der Waals surface area contributed by atoms with Crippen LogP contribution in [0.3, 0.4) is 0 Å². The third-order valence-corrected chi connectivity index (χ3v) is 7.87. The van der Waals surface area contributed by atoms with Gasteiger partial charge in [0.15, 0.2) is 17.3 Å². The molecule has 37 heavy (non-hydrogen) atoms. The number of nitrogens with one attached hydrogen (secondary N) is 1. The molecule has 2 saturated heterocycles. The van der Waals surface area contributed by atoms with Crippen LogP contribution in [0.2, 0.25) is 0 Å². The van der Waals surface area contributed by atoms with Crippen molar-refractivity contribution >= 4 is 11.7 Å². The van der Waals surface area contributed by atoms with Crippen molar-refractivity contribution in [2.75, 3.05) is 19.8 Å². The Labute approximate surface area is 216 Å². The summed E-state index contributed by atoms with van der Waals surface area (Å²) in [5, 5.41) is 14.5. The van der Waals surface area contributed by atoms with E-state index in [0.717, 1.165) is 0 Å². The molecule has 2 N–H and O–H groups in total. The first-order chi connectivity index (χ1) is 18.0. The summed E-state index contributed by atoms with van der Waals surface area (Å²) >= 11 is 0. The van der Waals surface area contributed by atoms with Crippen LogP contribution in [0.25, 0.3) is 0 Å². The number of rotatable bonds is 11. The fourth-order valence-corrected chi connectivity index (χ4v) is 5.88. The van der Waals surface area contributed by atoms with Crippen molar-refractivity contribution in [1.29, 1.82) is 0 Å². The molecule has 0 aliphatic carbocycles. The van der Waals surface area contributed by atoms with Crippen LogP contribution in [0, 0.1) is 5.82 Å². The first-order valence-electron chi connectivity index (χ1n) is 13.4. The van der Waals surface area contributed by atoms with Crippen LogP contribution in [0.1, 0.15) is 73.4 Å². The molecule has 0 unspecified atom stereocenters. The first-order valence-corrected chi connectivity index (χ1v) is 13.4. The Balaban J connectivity index is 1.18. The lowest BCUT2D eigenvalue weighted by Crippen LogP contribution is -2.48. The minimum absolute atomic E-state index is 0.0585. The van der Waals surface area contributed by atoms with Crippen LogP contribution >= 0.6 is 0 Å². The van der Waals surface area contributed by atoms with E-state index in [1.807, 2.05) is 12.1 Å². The van der Waals surface area contributed by atoms with Crippen LogP contribution in [0.15, 0.2) is 42.5 Å². The first kappa shape index (κ1) is 25.7. The Morgan fingerprint density at radius 3 is 2.30 bits per heavy atom. The monoisotopic (exact) mass is 510 g/mol. The van der Waals surface area contributed by atoms with Gasteiger partial charge in [-0.15, -0.1) is 0 Å². The molecule has 2 aromatic carbocycles. The number of carbonyl (C=O) groups excluding carboxylic acids is 2. The second-order valence-corrected chi connectivity index (χ2v) is 10.3. The highest BCUT2D eigenvalue weighted by Gasteiger charge is 2.41. The number of unbranched alkanes of at least 4 members (excludes halogenated alkanes) is 1. The molecule has 0 aromatic heterocycles. The van der Waals surface area contributed by atoms with E-state index in [-0.39, 0.29) is 23.9 Å². The second kappa shape index (κ2) is 11.6. The Morgan fingerprint density at radius 2 is 1.59 bits per heavy atom. The molecule has 198 valence electrons. The van der Waals surface area contributed by atoms with Crippen LogP contribution in [0.5, 0.6) is 11.5 Å². The van der Waals surface area contributed by atoms with Gasteiger partial charge in [-0.3, -0.25) is 14.5 Å². The molecule has 7 nitrogen and oxygen atoms in total. The minimum Gasteiger partial charge on any atom is -0.486 e. The number of aliphatic hydroxyl groups excluding tert-OH is 1. The fraction of sp³-hybridized carbons (Fsp3) is 0.517. The maximum atomic E-state index is 13.1. The molecule has 2 bridgehead atoms. The van der Waals surface area contributed by atoms with Gasteiger partial charge in [-0.05, 0) is 80.5 Å². The fourth-order valence-electron chi connectivity index (χ4n) is 5.88. The van der Waals surface area contributed by atoms with Gasteiger partial charge in [0.25, 0.3) is 0 Å². The van der Waals surface area contributed by atoms with Crippen LogP contribution in [-0.2, 0) is 4.79 Å². The number of carbonyl (C=O) groups is 2. The summed E-state index contributed by atoms with van der Waals surface area (Å²) in [5.41, 5.74) is 1.17. The minimum atomic E-state index is -0.889. The lowest BCUT2D eigenvalue weighted by molar-refractivity contribution is -0.123. The highest BCUT2D eigenvalue weighted by Crippen LogP contribution is 2.39. The number of aliphatic hydroxyl groups is 1. The number of hydrogen-bond acceptors (Lipinski definition) is 6. The maximum absolute atomic E-state index is 13.1. The molecule has 2 atom stereocenters. The maximum Gasteiger partial charge on any atom is 0.220 e. The van der Waals surface area contributed by atoms with E-state index < -0.39 is 12.1 Å². The average molecular weight is 511 g/mol. The average Bonchev–Trinajstić information content (AvgIpc) is 3.49. The topological polar surface area (TPSA) is 88.1 Å². The summed E-state index contributed by atoms with van der Waals surface area (Å²) in [6.07, 6.45) is 5.51. The van der Waals surface area contributed by atoms with E-state index in [2.05, 4.69) is 10.2 Å². The molecule has 0 saturated carbocycles. The normalized spacial score (nSPS) is 22.0. The summed E-state index contributed by atoms with van der Waals surface area (Å²) in [5.74, 6) is 0.706. The standard InChI is InChI=1S/C29H35FN2O5/c30-21-8-5-19(6-9-21)25(33)3-1-2-4-28(34)31-24(18-32-22-10-11-23(32)13-12-22)29(35)20-7-14-26-27(17-20)37-16-15-36-26/h5-9,14,17,22-24,29,35H,1-4,10-13,15-16,18H2,(H,31,34)/t22?,23?,24-,29-/m1/s1. The number of amides is 1. The van der Waals surface area contributed by atoms with Crippen LogP contribution < -0.4 is 14.8 Å². The zero-order chi connectivity index (χ0) is 25.8. The number of nitrogens with zero attached hydrogens (tertiary/aromatic N) is 1. The van der Waals surface area contributed by atoms with Crippen LogP contribution in [0.4, 0.5) is 4.39 Å². The number of halogens is 1. The number of hydrogen-bond donors (Lipinski definition) is 2. The number of fused-ring (bicyclic) bond motifs is 3. The molecular formula is C29H35FN2O5. The second-order valence-electron chi connectivity index (χ2n) is 10.3. The molecule has 3 heterocycles.